The lowest BCUT2D eigenvalue weighted by Crippen LogP contribution is -2.31. The second-order valence-electron chi connectivity index (χ2n) is 7.58. The number of benzene rings is 1. The fourth-order valence-electron chi connectivity index (χ4n) is 3.23. The van der Waals surface area contributed by atoms with Crippen LogP contribution in [-0.4, -0.2) is 24.5 Å². The van der Waals surface area contributed by atoms with E-state index in [4.69, 9.17) is 10.5 Å². The molecule has 5 nitrogen and oxygen atoms in total. The van der Waals surface area contributed by atoms with Gasteiger partial charge in [0.2, 0.25) is 0 Å². The van der Waals surface area contributed by atoms with Crippen molar-refractivity contribution >= 4 is 17.6 Å². The second kappa shape index (κ2) is 7.79. The summed E-state index contributed by atoms with van der Waals surface area (Å²) < 4.78 is 5.52. The summed E-state index contributed by atoms with van der Waals surface area (Å²) in [5, 5.41) is 2.70. The highest BCUT2D eigenvalue weighted by Crippen LogP contribution is 2.38. The van der Waals surface area contributed by atoms with E-state index in [2.05, 4.69) is 26.1 Å². The highest BCUT2D eigenvalue weighted by molar-refractivity contribution is 5.99. The van der Waals surface area contributed by atoms with E-state index in [1.165, 1.54) is 0 Å². The van der Waals surface area contributed by atoms with Gasteiger partial charge in [0.05, 0.1) is 6.54 Å². The van der Waals surface area contributed by atoms with Crippen molar-refractivity contribution in [2.75, 3.05) is 11.9 Å². The van der Waals surface area contributed by atoms with Gasteiger partial charge in [0.1, 0.15) is 6.10 Å². The summed E-state index contributed by atoms with van der Waals surface area (Å²) >= 11 is 0. The maximum Gasteiger partial charge on any atom is 0.411 e. The smallest absolute Gasteiger partial charge is 0.411 e. The molecule has 2 rings (SSSR count). The Bertz CT molecular complexity index is 585. The van der Waals surface area contributed by atoms with Crippen molar-refractivity contribution < 1.29 is 14.3 Å². The molecule has 1 aliphatic carbocycles. The van der Waals surface area contributed by atoms with Crippen LogP contribution in [0.15, 0.2) is 24.3 Å². The molecule has 0 bridgehead atoms. The van der Waals surface area contributed by atoms with Crippen molar-refractivity contribution in [3.63, 3.8) is 0 Å². The molecule has 0 saturated heterocycles. The second-order valence-corrected chi connectivity index (χ2v) is 7.58. The maximum absolute atomic E-state index is 12.1. The number of anilines is 1. The number of ether oxygens (including phenoxy) is 1. The summed E-state index contributed by atoms with van der Waals surface area (Å²) in [6, 6.07) is 6.74. The average molecular weight is 332 g/mol. The van der Waals surface area contributed by atoms with Crippen molar-refractivity contribution in [3.8, 4) is 0 Å². The Morgan fingerprint density at radius 1 is 1.21 bits per heavy atom. The van der Waals surface area contributed by atoms with Gasteiger partial charge in [-0.25, -0.2) is 4.79 Å². The first-order valence-corrected chi connectivity index (χ1v) is 8.60. The molecule has 132 valence electrons. The number of carbonyl (C=O) groups is 2. The van der Waals surface area contributed by atoms with Crippen molar-refractivity contribution in [2.24, 2.45) is 17.1 Å². The Morgan fingerprint density at radius 3 is 2.46 bits per heavy atom. The first-order chi connectivity index (χ1) is 11.3. The third-order valence-electron chi connectivity index (χ3n) is 4.79. The van der Waals surface area contributed by atoms with Crippen LogP contribution in [0.25, 0.3) is 0 Å². The van der Waals surface area contributed by atoms with Crippen LogP contribution in [0.2, 0.25) is 0 Å². The molecule has 0 aromatic heterocycles. The molecule has 1 aliphatic rings. The zero-order chi connectivity index (χ0) is 17.7. The number of hydrogen-bond acceptors (Lipinski definition) is 4. The number of nitrogens with two attached hydrogens (primary N) is 1. The summed E-state index contributed by atoms with van der Waals surface area (Å²) in [5.41, 5.74) is 6.70. The number of Topliss-reactive ketones (excluding diaryl/α,β-unsaturated/α-hetero) is 1. The summed E-state index contributed by atoms with van der Waals surface area (Å²) in [7, 11) is 0. The van der Waals surface area contributed by atoms with Crippen LogP contribution in [0.3, 0.4) is 0 Å². The summed E-state index contributed by atoms with van der Waals surface area (Å²) in [5.74, 6) is 0.520. The highest BCUT2D eigenvalue weighted by atomic mass is 16.6. The number of amides is 1. The van der Waals surface area contributed by atoms with E-state index in [0.717, 1.165) is 25.7 Å². The molecular formula is C19H28N2O3. The van der Waals surface area contributed by atoms with E-state index in [1.54, 1.807) is 24.3 Å². The maximum atomic E-state index is 12.1. The van der Waals surface area contributed by atoms with Gasteiger partial charge in [-0.2, -0.15) is 0 Å². The largest absolute Gasteiger partial charge is 0.446 e. The molecule has 1 saturated carbocycles. The lowest BCUT2D eigenvalue weighted by molar-refractivity contribution is 0.0528. The van der Waals surface area contributed by atoms with Crippen LogP contribution >= 0.6 is 0 Å². The number of hydrogen-bond donors (Lipinski definition) is 2. The van der Waals surface area contributed by atoms with Crippen LogP contribution in [0.1, 0.15) is 56.8 Å². The van der Waals surface area contributed by atoms with Gasteiger partial charge in [-0.3, -0.25) is 10.1 Å². The number of nitrogens with one attached hydrogen (secondary N) is 1. The lowest BCUT2D eigenvalue weighted by atomic mass is 9.72. The molecule has 1 aromatic carbocycles. The van der Waals surface area contributed by atoms with Crippen molar-refractivity contribution in [1.82, 2.24) is 0 Å². The van der Waals surface area contributed by atoms with Gasteiger partial charge in [-0.05, 0) is 49.1 Å². The minimum Gasteiger partial charge on any atom is -0.446 e. The third-order valence-corrected chi connectivity index (χ3v) is 4.79. The quantitative estimate of drug-likeness (QED) is 0.817. The Labute approximate surface area is 143 Å². The standard InChI is InChI=1S/C19H28N2O3/c1-19(2,3)14-7-9-16(10-8-14)24-18(23)21-15-6-4-5-13(11-15)17(22)12-20/h4-6,11,14,16H,7-10,12,20H2,1-3H3,(H,21,23). The van der Waals surface area contributed by atoms with Crippen LogP contribution in [-0.2, 0) is 4.74 Å². The average Bonchev–Trinajstić information content (AvgIpc) is 2.54. The molecule has 1 fully saturated rings. The van der Waals surface area contributed by atoms with E-state index in [-0.39, 0.29) is 18.4 Å². The molecule has 0 aliphatic heterocycles. The van der Waals surface area contributed by atoms with E-state index >= 15 is 0 Å². The molecule has 1 aromatic rings. The Balaban J connectivity index is 1.85. The fourth-order valence-corrected chi connectivity index (χ4v) is 3.23. The van der Waals surface area contributed by atoms with Gasteiger partial charge in [-0.15, -0.1) is 0 Å². The summed E-state index contributed by atoms with van der Waals surface area (Å²) in [4.78, 5) is 23.7. The Kier molecular flexibility index (Phi) is 5.99. The molecule has 0 spiro atoms. The van der Waals surface area contributed by atoms with E-state index in [9.17, 15) is 9.59 Å². The predicted molar refractivity (Wildman–Crippen MR) is 95.1 cm³/mol. The van der Waals surface area contributed by atoms with Crippen LogP contribution < -0.4 is 11.1 Å². The summed E-state index contributed by atoms with van der Waals surface area (Å²) in [6.45, 7) is 6.74. The normalized spacial score (nSPS) is 21.2. The van der Waals surface area contributed by atoms with E-state index in [0.29, 0.717) is 22.6 Å². The van der Waals surface area contributed by atoms with Crippen LogP contribution in [0, 0.1) is 11.3 Å². The molecule has 5 heteroatoms. The highest BCUT2D eigenvalue weighted by Gasteiger charge is 2.31. The van der Waals surface area contributed by atoms with Crippen molar-refractivity contribution in [2.45, 2.75) is 52.6 Å². The topological polar surface area (TPSA) is 81.4 Å². The summed E-state index contributed by atoms with van der Waals surface area (Å²) in [6.07, 6.45) is 3.48. The molecule has 0 unspecified atom stereocenters. The lowest BCUT2D eigenvalue weighted by Gasteiger charge is -2.36. The zero-order valence-electron chi connectivity index (χ0n) is 14.8. The van der Waals surface area contributed by atoms with Gasteiger partial charge < -0.3 is 10.5 Å². The Hall–Kier alpha value is -1.88. The third kappa shape index (κ3) is 5.06. The fraction of sp³-hybridized carbons (Fsp3) is 0.579. The number of ketones is 1. The molecule has 24 heavy (non-hydrogen) atoms. The molecule has 0 radical (unpaired) electrons. The minimum atomic E-state index is -0.466. The van der Waals surface area contributed by atoms with Gasteiger partial charge in [0.15, 0.2) is 5.78 Å². The van der Waals surface area contributed by atoms with Crippen molar-refractivity contribution in [1.29, 1.82) is 0 Å². The molecule has 0 atom stereocenters. The number of rotatable bonds is 4. The SMILES string of the molecule is CC(C)(C)C1CCC(OC(=O)Nc2cccc(C(=O)CN)c2)CC1. The Morgan fingerprint density at radius 2 is 1.88 bits per heavy atom. The zero-order valence-corrected chi connectivity index (χ0v) is 14.8. The van der Waals surface area contributed by atoms with Crippen LogP contribution in [0.5, 0.6) is 0 Å². The first-order valence-electron chi connectivity index (χ1n) is 8.60. The van der Waals surface area contributed by atoms with Gasteiger partial charge in [0, 0.05) is 11.3 Å². The molecule has 1 amide bonds. The van der Waals surface area contributed by atoms with Gasteiger partial charge in [-0.1, -0.05) is 32.9 Å². The molecule has 3 N–H and O–H groups in total. The minimum absolute atomic E-state index is 0.0301. The van der Waals surface area contributed by atoms with Crippen molar-refractivity contribution in [3.05, 3.63) is 29.8 Å². The predicted octanol–water partition coefficient (Wildman–Crippen LogP) is 3.98. The van der Waals surface area contributed by atoms with Gasteiger partial charge in [0.25, 0.3) is 0 Å². The van der Waals surface area contributed by atoms with Gasteiger partial charge >= 0.3 is 6.09 Å². The number of carbonyl (C=O) groups excluding carboxylic acids is 2. The monoisotopic (exact) mass is 332 g/mol. The van der Waals surface area contributed by atoms with E-state index < -0.39 is 6.09 Å². The first kappa shape index (κ1) is 18.5. The van der Waals surface area contributed by atoms with E-state index in [1.807, 2.05) is 0 Å². The molecule has 0 heterocycles. The molecular weight excluding hydrogens is 304 g/mol. The van der Waals surface area contributed by atoms with Crippen LogP contribution in [0.4, 0.5) is 10.5 Å².